The van der Waals surface area contributed by atoms with Gasteiger partial charge >= 0.3 is 5.97 Å². The predicted molar refractivity (Wildman–Crippen MR) is 137 cm³/mol. The van der Waals surface area contributed by atoms with E-state index < -0.39 is 18.0 Å². The molecule has 0 aliphatic carbocycles. The van der Waals surface area contributed by atoms with Crippen molar-refractivity contribution in [3.8, 4) is 5.75 Å². The van der Waals surface area contributed by atoms with Gasteiger partial charge in [-0.15, -0.1) is 11.8 Å². The number of hydrogen-bond donors (Lipinski definition) is 2. The van der Waals surface area contributed by atoms with Gasteiger partial charge in [0.1, 0.15) is 5.75 Å². The highest BCUT2D eigenvalue weighted by atomic mass is 32.2. The molecule has 0 radical (unpaired) electrons. The van der Waals surface area contributed by atoms with E-state index in [0.717, 1.165) is 58.9 Å². The maximum atomic E-state index is 12.1. The van der Waals surface area contributed by atoms with Gasteiger partial charge in [-0.3, -0.25) is 9.78 Å². The normalized spacial score (nSPS) is 19.6. The van der Waals surface area contributed by atoms with E-state index in [2.05, 4.69) is 14.9 Å². The Morgan fingerprint density at radius 1 is 1.34 bits per heavy atom. The number of carbonyl (C=O) groups is 1. The number of aryl methyl sites for hydroxylation is 1. The highest BCUT2D eigenvalue weighted by Gasteiger charge is 2.34. The summed E-state index contributed by atoms with van der Waals surface area (Å²) in [5.41, 5.74) is 1.62. The maximum Gasteiger partial charge on any atom is 0.308 e. The highest BCUT2D eigenvalue weighted by Crippen LogP contribution is 2.34. The quantitative estimate of drug-likeness (QED) is 0.302. The molecule has 1 saturated heterocycles. The van der Waals surface area contributed by atoms with Crippen molar-refractivity contribution in [1.29, 1.82) is 0 Å². The van der Waals surface area contributed by atoms with Gasteiger partial charge in [0.2, 0.25) is 0 Å². The highest BCUT2D eigenvalue weighted by molar-refractivity contribution is 7.99. The molecular weight excluding hydrogens is 464 g/mol. The zero-order valence-corrected chi connectivity index (χ0v) is 21.2. The van der Waals surface area contributed by atoms with Crippen LogP contribution >= 0.6 is 11.8 Å². The molecule has 0 spiro atoms. The molecule has 2 aromatic heterocycles. The maximum absolute atomic E-state index is 12.1. The van der Waals surface area contributed by atoms with Crippen molar-refractivity contribution in [3.05, 3.63) is 48.5 Å². The minimum absolute atomic E-state index is 0.0601. The number of piperidine rings is 1. The van der Waals surface area contributed by atoms with E-state index in [4.69, 9.17) is 4.74 Å². The van der Waals surface area contributed by atoms with E-state index in [-0.39, 0.29) is 5.92 Å². The number of nitrogens with zero attached hydrogens (tertiary/aromatic N) is 4. The second-order valence-corrected chi connectivity index (χ2v) is 10.3. The number of ether oxygens (including phenoxy) is 1. The zero-order valence-electron chi connectivity index (χ0n) is 20.3. The third-order valence-electron chi connectivity index (χ3n) is 6.95. The number of aliphatic carboxylic acids is 1. The fourth-order valence-electron chi connectivity index (χ4n) is 4.94. The molecule has 8 nitrogen and oxygen atoms in total. The molecule has 1 aromatic carbocycles. The summed E-state index contributed by atoms with van der Waals surface area (Å²) in [6, 6.07) is 7.48. The van der Waals surface area contributed by atoms with Crippen LogP contribution in [-0.4, -0.2) is 68.1 Å². The lowest BCUT2D eigenvalue weighted by atomic mass is 9.81. The first-order valence-electron chi connectivity index (χ1n) is 12.1. The van der Waals surface area contributed by atoms with Crippen LogP contribution in [0, 0.1) is 11.8 Å². The average Bonchev–Trinajstić information content (AvgIpc) is 3.29. The van der Waals surface area contributed by atoms with Crippen molar-refractivity contribution in [2.75, 3.05) is 32.5 Å². The van der Waals surface area contributed by atoms with Crippen molar-refractivity contribution in [2.24, 2.45) is 18.9 Å². The van der Waals surface area contributed by atoms with Crippen LogP contribution in [0.5, 0.6) is 5.75 Å². The molecule has 188 valence electrons. The number of hydrogen-bond acceptors (Lipinski definition) is 7. The Kier molecular flexibility index (Phi) is 8.64. The van der Waals surface area contributed by atoms with Crippen molar-refractivity contribution in [3.63, 3.8) is 0 Å². The minimum atomic E-state index is -0.738. The minimum Gasteiger partial charge on any atom is -0.497 e. The number of likely N-dealkylation sites (tertiary alicyclic amines) is 1. The molecule has 35 heavy (non-hydrogen) atoms. The van der Waals surface area contributed by atoms with Crippen LogP contribution in [0.3, 0.4) is 0 Å². The third-order valence-corrected chi connectivity index (χ3v) is 8.13. The second kappa shape index (κ2) is 11.9. The van der Waals surface area contributed by atoms with Crippen LogP contribution in [0.25, 0.3) is 10.9 Å². The first kappa shape index (κ1) is 25.5. The summed E-state index contributed by atoms with van der Waals surface area (Å²) in [6.07, 6.45) is 7.74. The summed E-state index contributed by atoms with van der Waals surface area (Å²) in [7, 11) is 3.61. The molecule has 0 amide bonds. The Bertz CT molecular complexity index is 1140. The van der Waals surface area contributed by atoms with Crippen LogP contribution in [0.2, 0.25) is 0 Å². The standard InChI is InChI=1S/C26H34N4O4S/c1-29-17-27-15-25(29)35-13-3-11-30-12-9-18(22(16-30)26(32)33)4-7-24(31)20-8-10-28-23-6-5-19(34-2)14-21(20)23/h5-6,8,10,14-15,17-18,22,24,31H,3-4,7,9,11-13,16H2,1-2H3,(H,32,33)/t18-,22+,24?/m1/s1. The Balaban J connectivity index is 1.30. The van der Waals surface area contributed by atoms with Gasteiger partial charge < -0.3 is 24.4 Å². The summed E-state index contributed by atoms with van der Waals surface area (Å²) >= 11 is 1.78. The van der Waals surface area contributed by atoms with E-state index in [1.165, 1.54) is 0 Å². The molecular formula is C26H34N4O4S. The van der Waals surface area contributed by atoms with E-state index in [1.54, 1.807) is 31.4 Å². The molecule has 2 N–H and O–H groups in total. The fourth-order valence-corrected chi connectivity index (χ4v) is 5.81. The van der Waals surface area contributed by atoms with E-state index in [1.807, 2.05) is 42.1 Å². The summed E-state index contributed by atoms with van der Waals surface area (Å²) < 4.78 is 7.35. The fraction of sp³-hybridized carbons (Fsp3) is 0.500. The Morgan fingerprint density at radius 2 is 2.20 bits per heavy atom. The monoisotopic (exact) mass is 498 g/mol. The summed E-state index contributed by atoms with van der Waals surface area (Å²) in [5, 5.41) is 22.9. The van der Waals surface area contributed by atoms with E-state index in [9.17, 15) is 15.0 Å². The number of carboxylic acids is 1. The molecule has 9 heteroatoms. The predicted octanol–water partition coefficient (Wildman–Crippen LogP) is 4.00. The molecule has 4 rings (SSSR count). The van der Waals surface area contributed by atoms with Gasteiger partial charge in [-0.1, -0.05) is 0 Å². The molecule has 3 aromatic rings. The number of methoxy groups -OCH3 is 1. The number of imidazole rings is 1. The summed E-state index contributed by atoms with van der Waals surface area (Å²) in [6.45, 7) is 2.37. The number of aromatic nitrogens is 3. The lowest BCUT2D eigenvalue weighted by Gasteiger charge is -2.37. The SMILES string of the molecule is COc1ccc2nccc(C(O)CC[C@@H]3CCN(CCCSc4cncn4C)C[C@@H]3C(=O)O)c2c1. The average molecular weight is 499 g/mol. The molecule has 1 unspecified atom stereocenters. The van der Waals surface area contributed by atoms with Crippen LogP contribution in [0.15, 0.2) is 48.0 Å². The summed E-state index contributed by atoms with van der Waals surface area (Å²) in [4.78, 5) is 22.9. The first-order chi connectivity index (χ1) is 17.0. The van der Waals surface area contributed by atoms with Crippen molar-refractivity contribution in [2.45, 2.75) is 36.8 Å². The number of carboxylic acid groups (broad SMARTS) is 1. The Morgan fingerprint density at radius 3 is 2.94 bits per heavy atom. The van der Waals surface area contributed by atoms with Crippen LogP contribution in [-0.2, 0) is 11.8 Å². The number of aliphatic hydroxyl groups excluding tert-OH is 1. The lowest BCUT2D eigenvalue weighted by Crippen LogP contribution is -2.44. The van der Waals surface area contributed by atoms with Crippen molar-refractivity contribution in [1.82, 2.24) is 19.4 Å². The Hall–Kier alpha value is -2.62. The molecule has 3 atom stereocenters. The van der Waals surface area contributed by atoms with Crippen molar-refractivity contribution >= 4 is 28.6 Å². The molecule has 1 aliphatic rings. The van der Waals surface area contributed by atoms with Crippen LogP contribution in [0.4, 0.5) is 0 Å². The van der Waals surface area contributed by atoms with Gasteiger partial charge in [-0.25, -0.2) is 4.98 Å². The Labute approximate surface area is 210 Å². The van der Waals surface area contributed by atoms with Crippen LogP contribution in [0.1, 0.15) is 37.4 Å². The molecule has 0 bridgehead atoms. The molecule has 3 heterocycles. The van der Waals surface area contributed by atoms with Gasteiger partial charge in [-0.05, 0) is 74.5 Å². The van der Waals surface area contributed by atoms with E-state index >= 15 is 0 Å². The third kappa shape index (κ3) is 6.34. The van der Waals surface area contributed by atoms with Gasteiger partial charge in [0, 0.05) is 30.9 Å². The summed E-state index contributed by atoms with van der Waals surface area (Å²) in [5.74, 6) is 0.613. The largest absolute Gasteiger partial charge is 0.497 e. The number of pyridine rings is 1. The number of fused-ring (bicyclic) bond motifs is 1. The topological polar surface area (TPSA) is 101 Å². The molecule has 1 aliphatic heterocycles. The molecule has 1 fully saturated rings. The second-order valence-electron chi connectivity index (χ2n) is 9.22. The number of aliphatic hydroxyl groups is 1. The molecule has 0 saturated carbocycles. The van der Waals surface area contributed by atoms with E-state index in [0.29, 0.717) is 19.4 Å². The first-order valence-corrected chi connectivity index (χ1v) is 13.1. The van der Waals surface area contributed by atoms with Gasteiger partial charge in [0.25, 0.3) is 0 Å². The lowest BCUT2D eigenvalue weighted by molar-refractivity contribution is -0.146. The number of rotatable bonds is 11. The van der Waals surface area contributed by atoms with Gasteiger partial charge in [-0.2, -0.15) is 0 Å². The van der Waals surface area contributed by atoms with Gasteiger partial charge in [0.05, 0.1) is 42.2 Å². The number of benzene rings is 1. The zero-order chi connectivity index (χ0) is 24.8. The number of thioether (sulfide) groups is 1. The van der Waals surface area contributed by atoms with Crippen LogP contribution < -0.4 is 4.74 Å². The smallest absolute Gasteiger partial charge is 0.308 e. The van der Waals surface area contributed by atoms with Crippen molar-refractivity contribution < 1.29 is 19.7 Å². The van der Waals surface area contributed by atoms with Gasteiger partial charge in [0.15, 0.2) is 0 Å².